The van der Waals surface area contributed by atoms with Gasteiger partial charge in [0.1, 0.15) is 6.04 Å². The minimum absolute atomic E-state index is 0.314. The van der Waals surface area contributed by atoms with E-state index in [1.165, 1.54) is 13.1 Å². The van der Waals surface area contributed by atoms with Crippen LogP contribution in [0.15, 0.2) is 30.5 Å². The molecule has 0 radical (unpaired) electrons. The van der Waals surface area contributed by atoms with Crippen LogP contribution >= 0.6 is 0 Å². The summed E-state index contributed by atoms with van der Waals surface area (Å²) in [6.45, 7) is 1.40. The van der Waals surface area contributed by atoms with Crippen LogP contribution in [0.5, 0.6) is 0 Å². The lowest BCUT2D eigenvalue weighted by molar-refractivity contribution is -0.138. The van der Waals surface area contributed by atoms with Crippen molar-refractivity contribution in [3.63, 3.8) is 0 Å². The summed E-state index contributed by atoms with van der Waals surface area (Å²) >= 11 is 0. The first-order valence-electron chi connectivity index (χ1n) is 5.33. The van der Waals surface area contributed by atoms with Crippen molar-refractivity contribution in [2.24, 2.45) is 0 Å². The Kier molecular flexibility index (Phi) is 3.18. The van der Waals surface area contributed by atoms with E-state index in [0.717, 1.165) is 0 Å². The van der Waals surface area contributed by atoms with Crippen LogP contribution in [0.4, 0.5) is 0 Å². The monoisotopic (exact) mass is 245 g/mol. The minimum atomic E-state index is -1.09. The van der Waals surface area contributed by atoms with Crippen molar-refractivity contribution in [1.82, 2.24) is 15.5 Å². The second-order valence-corrected chi connectivity index (χ2v) is 3.81. The molecule has 1 amide bonds. The third kappa shape index (κ3) is 2.27. The van der Waals surface area contributed by atoms with E-state index in [-0.39, 0.29) is 0 Å². The fourth-order valence-electron chi connectivity index (χ4n) is 1.52. The Balaban J connectivity index is 2.36. The van der Waals surface area contributed by atoms with Crippen LogP contribution in [0, 0.1) is 0 Å². The van der Waals surface area contributed by atoms with Crippen molar-refractivity contribution in [2.45, 2.75) is 13.0 Å². The van der Waals surface area contributed by atoms with Crippen LogP contribution in [0.25, 0.3) is 10.9 Å². The number of amides is 1. The van der Waals surface area contributed by atoms with Crippen LogP contribution in [0.2, 0.25) is 0 Å². The maximum Gasteiger partial charge on any atom is 0.325 e. The van der Waals surface area contributed by atoms with Gasteiger partial charge in [-0.1, -0.05) is 18.2 Å². The summed E-state index contributed by atoms with van der Waals surface area (Å²) in [5.74, 6) is -1.56. The van der Waals surface area contributed by atoms with Gasteiger partial charge in [0.05, 0.1) is 17.3 Å². The number of hydrogen-bond acceptors (Lipinski definition) is 4. The fraction of sp³-hybridized carbons (Fsp3) is 0.167. The molecule has 0 bridgehead atoms. The minimum Gasteiger partial charge on any atom is -0.480 e. The van der Waals surface area contributed by atoms with Crippen molar-refractivity contribution >= 4 is 22.8 Å². The molecule has 2 N–H and O–H groups in total. The van der Waals surface area contributed by atoms with Gasteiger partial charge in [0.15, 0.2) is 0 Å². The lowest BCUT2D eigenvalue weighted by Crippen LogP contribution is -2.38. The largest absolute Gasteiger partial charge is 0.480 e. The number of carbonyl (C=O) groups is 2. The van der Waals surface area contributed by atoms with Gasteiger partial charge in [-0.2, -0.15) is 10.2 Å². The predicted octanol–water partition coefficient (Wildman–Crippen LogP) is 0.833. The number of nitrogens with one attached hydrogen (secondary N) is 1. The molecule has 6 nitrogen and oxygen atoms in total. The molecular weight excluding hydrogens is 234 g/mol. The van der Waals surface area contributed by atoms with E-state index in [2.05, 4.69) is 15.5 Å². The molecule has 1 heterocycles. The van der Waals surface area contributed by atoms with Crippen molar-refractivity contribution in [1.29, 1.82) is 0 Å². The number of hydrogen-bond donors (Lipinski definition) is 2. The Morgan fingerprint density at radius 3 is 2.78 bits per heavy atom. The Labute approximate surface area is 103 Å². The fourth-order valence-corrected chi connectivity index (χ4v) is 1.52. The Morgan fingerprint density at radius 1 is 1.33 bits per heavy atom. The van der Waals surface area contributed by atoms with Gasteiger partial charge in [-0.25, -0.2) is 0 Å². The molecule has 2 aromatic rings. The van der Waals surface area contributed by atoms with Crippen molar-refractivity contribution in [3.05, 3.63) is 36.0 Å². The zero-order chi connectivity index (χ0) is 13.1. The SMILES string of the molecule is CC(NC(=O)c1cnnc2ccccc12)C(=O)O. The molecular formula is C12H11N3O3. The van der Waals surface area contributed by atoms with Gasteiger partial charge in [0.2, 0.25) is 0 Å². The third-order valence-electron chi connectivity index (χ3n) is 2.51. The summed E-state index contributed by atoms with van der Waals surface area (Å²) in [6.07, 6.45) is 1.33. The van der Waals surface area contributed by atoms with Crippen LogP contribution in [0.3, 0.4) is 0 Å². The van der Waals surface area contributed by atoms with Gasteiger partial charge in [-0.3, -0.25) is 9.59 Å². The number of carboxylic acid groups (broad SMARTS) is 1. The molecule has 0 aliphatic heterocycles. The summed E-state index contributed by atoms with van der Waals surface area (Å²) in [6, 6.07) is 6.09. The Bertz CT molecular complexity index is 607. The highest BCUT2D eigenvalue weighted by atomic mass is 16.4. The number of aliphatic carboxylic acids is 1. The molecule has 0 spiro atoms. The molecule has 1 unspecified atom stereocenters. The Morgan fingerprint density at radius 2 is 2.06 bits per heavy atom. The molecule has 0 aliphatic rings. The zero-order valence-corrected chi connectivity index (χ0v) is 9.62. The maximum absolute atomic E-state index is 11.9. The van der Waals surface area contributed by atoms with Gasteiger partial charge >= 0.3 is 5.97 Å². The molecule has 92 valence electrons. The lowest BCUT2D eigenvalue weighted by Gasteiger charge is -2.10. The summed E-state index contributed by atoms with van der Waals surface area (Å²) in [7, 11) is 0. The molecule has 18 heavy (non-hydrogen) atoms. The van der Waals surface area contributed by atoms with Crippen LogP contribution in [-0.4, -0.2) is 33.2 Å². The first-order valence-corrected chi connectivity index (χ1v) is 5.33. The maximum atomic E-state index is 11.9. The number of nitrogens with zero attached hydrogens (tertiary/aromatic N) is 2. The van der Waals surface area contributed by atoms with E-state index in [0.29, 0.717) is 16.5 Å². The highest BCUT2D eigenvalue weighted by Crippen LogP contribution is 2.14. The lowest BCUT2D eigenvalue weighted by atomic mass is 10.1. The predicted molar refractivity (Wildman–Crippen MR) is 64.1 cm³/mol. The van der Waals surface area contributed by atoms with E-state index in [1.807, 2.05) is 0 Å². The molecule has 0 saturated carbocycles. The molecule has 0 fully saturated rings. The van der Waals surface area contributed by atoms with Crippen LogP contribution < -0.4 is 5.32 Å². The average Bonchev–Trinajstić information content (AvgIpc) is 2.37. The summed E-state index contributed by atoms with van der Waals surface area (Å²) < 4.78 is 0. The molecule has 0 aliphatic carbocycles. The second kappa shape index (κ2) is 4.79. The standard InChI is InChI=1S/C12H11N3O3/c1-7(12(17)18)14-11(16)9-6-13-15-10-5-3-2-4-8(9)10/h2-7H,1H3,(H,14,16)(H,17,18). The molecule has 1 aromatic carbocycles. The van der Waals surface area contributed by atoms with Crippen LogP contribution in [-0.2, 0) is 4.79 Å². The van der Waals surface area contributed by atoms with Gasteiger partial charge < -0.3 is 10.4 Å². The first-order chi connectivity index (χ1) is 8.59. The Hall–Kier alpha value is -2.50. The highest BCUT2D eigenvalue weighted by Gasteiger charge is 2.17. The zero-order valence-electron chi connectivity index (χ0n) is 9.62. The van der Waals surface area contributed by atoms with Crippen molar-refractivity contribution in [2.75, 3.05) is 0 Å². The van der Waals surface area contributed by atoms with Crippen molar-refractivity contribution in [3.8, 4) is 0 Å². The molecule has 1 atom stereocenters. The summed E-state index contributed by atoms with van der Waals surface area (Å²) in [4.78, 5) is 22.6. The number of carboxylic acids is 1. The quantitative estimate of drug-likeness (QED) is 0.835. The first kappa shape index (κ1) is 12.0. The van der Waals surface area contributed by atoms with E-state index in [9.17, 15) is 9.59 Å². The molecule has 1 aromatic heterocycles. The number of aromatic nitrogens is 2. The second-order valence-electron chi connectivity index (χ2n) is 3.81. The number of benzene rings is 1. The number of rotatable bonds is 3. The smallest absolute Gasteiger partial charge is 0.325 e. The van der Waals surface area contributed by atoms with Gasteiger partial charge in [-0.15, -0.1) is 0 Å². The topological polar surface area (TPSA) is 92.2 Å². The summed E-state index contributed by atoms with van der Waals surface area (Å²) in [5.41, 5.74) is 0.904. The van der Waals surface area contributed by atoms with E-state index < -0.39 is 17.9 Å². The van der Waals surface area contributed by atoms with Gasteiger partial charge in [-0.05, 0) is 13.0 Å². The van der Waals surface area contributed by atoms with Crippen LogP contribution in [0.1, 0.15) is 17.3 Å². The average molecular weight is 245 g/mol. The molecule has 6 heteroatoms. The van der Waals surface area contributed by atoms with Gasteiger partial charge in [0.25, 0.3) is 5.91 Å². The van der Waals surface area contributed by atoms with E-state index in [1.54, 1.807) is 24.3 Å². The van der Waals surface area contributed by atoms with E-state index in [4.69, 9.17) is 5.11 Å². The van der Waals surface area contributed by atoms with E-state index >= 15 is 0 Å². The third-order valence-corrected chi connectivity index (χ3v) is 2.51. The number of carbonyl (C=O) groups excluding carboxylic acids is 1. The number of fused-ring (bicyclic) bond motifs is 1. The summed E-state index contributed by atoms with van der Waals surface area (Å²) in [5, 5.41) is 19.4. The van der Waals surface area contributed by atoms with Gasteiger partial charge in [0, 0.05) is 5.39 Å². The normalized spacial score (nSPS) is 12.1. The highest BCUT2D eigenvalue weighted by molar-refractivity contribution is 6.06. The molecule has 2 rings (SSSR count). The molecule has 0 saturated heterocycles. The van der Waals surface area contributed by atoms with Crippen molar-refractivity contribution < 1.29 is 14.7 Å².